The molecule has 2 amide bonds. The summed E-state index contributed by atoms with van der Waals surface area (Å²) in [5, 5.41) is 18.0. The first kappa shape index (κ1) is 38.2. The van der Waals surface area contributed by atoms with Crippen LogP contribution in [0.5, 0.6) is 11.5 Å². The van der Waals surface area contributed by atoms with Crippen molar-refractivity contribution in [3.8, 4) is 11.5 Å². The Labute approximate surface area is 313 Å². The smallest absolute Gasteiger partial charge is 0.306 e. The summed E-state index contributed by atoms with van der Waals surface area (Å²) in [5.41, 5.74) is 1.17. The van der Waals surface area contributed by atoms with Gasteiger partial charge in [0.05, 0.1) is 40.0 Å². The lowest BCUT2D eigenvalue weighted by Gasteiger charge is -2.39. The quantitative estimate of drug-likeness (QED) is 0.132. The van der Waals surface area contributed by atoms with E-state index in [-0.39, 0.29) is 37.2 Å². The van der Waals surface area contributed by atoms with E-state index < -0.39 is 60.9 Å². The molecular formula is C39H45N5O10. The highest BCUT2D eigenvalue weighted by Gasteiger charge is 2.50. The number of aliphatic carboxylic acids is 1. The number of fused-ring (bicyclic) bond motifs is 1. The standard InChI is InChI=1S/C39H45N5O10/c1-23(2)36(48)42-38-41-35-34(37(49)43-38)40-22-44(35)31-20-29(54-33(47)19-18-32(45)46)30(53-31)21-52-39(24-8-6-5-7-9-24,25-10-14-27(50-3)15-11-25)26-12-16-28(51-4)17-13-26/h5-17,22-23,29-31,34-35,38,41H,18-21H2,1-4H3,(H,42,48)(H,43,49)(H,45,46). The number of hydrogen-bond acceptors (Lipinski definition) is 12. The zero-order valence-corrected chi connectivity index (χ0v) is 30.5. The average Bonchev–Trinajstić information content (AvgIpc) is 3.79. The maximum Gasteiger partial charge on any atom is 0.306 e. The molecule has 6 atom stereocenters. The predicted octanol–water partition coefficient (Wildman–Crippen LogP) is 2.72. The first-order valence-corrected chi connectivity index (χ1v) is 17.7. The minimum atomic E-state index is -1.20. The molecule has 4 N–H and O–H groups in total. The normalized spacial score (nSPS) is 23.4. The van der Waals surface area contributed by atoms with Crippen molar-refractivity contribution in [2.24, 2.45) is 10.9 Å². The van der Waals surface area contributed by atoms with Crippen molar-refractivity contribution in [1.82, 2.24) is 20.9 Å². The lowest BCUT2D eigenvalue weighted by atomic mass is 9.80. The van der Waals surface area contributed by atoms with E-state index in [9.17, 15) is 24.3 Å². The van der Waals surface area contributed by atoms with Crippen LogP contribution in [0.3, 0.4) is 0 Å². The van der Waals surface area contributed by atoms with Crippen molar-refractivity contribution in [3.05, 3.63) is 95.6 Å². The van der Waals surface area contributed by atoms with Crippen LogP contribution in [0.2, 0.25) is 0 Å². The summed E-state index contributed by atoms with van der Waals surface area (Å²) in [7, 11) is 3.19. The molecule has 3 aromatic carbocycles. The van der Waals surface area contributed by atoms with Gasteiger partial charge in [0.2, 0.25) is 5.91 Å². The number of nitrogens with zero attached hydrogens (tertiary/aromatic N) is 2. The number of carboxylic acid groups (broad SMARTS) is 1. The summed E-state index contributed by atoms with van der Waals surface area (Å²) >= 11 is 0. The Morgan fingerprint density at radius 3 is 2.13 bits per heavy atom. The largest absolute Gasteiger partial charge is 0.497 e. The monoisotopic (exact) mass is 743 g/mol. The van der Waals surface area contributed by atoms with E-state index in [1.807, 2.05) is 78.9 Å². The molecule has 2 saturated heterocycles. The van der Waals surface area contributed by atoms with Crippen LogP contribution in [0.1, 0.15) is 49.8 Å². The van der Waals surface area contributed by atoms with Gasteiger partial charge in [-0.05, 0) is 41.0 Å². The second-order valence-electron chi connectivity index (χ2n) is 13.5. The van der Waals surface area contributed by atoms with Crippen LogP contribution in [0.15, 0.2) is 83.9 Å². The lowest BCUT2D eigenvalue weighted by molar-refractivity contribution is -0.158. The topological polar surface area (TPSA) is 186 Å². The number of rotatable bonds is 15. The van der Waals surface area contributed by atoms with Crippen LogP contribution in [0.25, 0.3) is 0 Å². The molecule has 6 rings (SSSR count). The van der Waals surface area contributed by atoms with Gasteiger partial charge in [0, 0.05) is 12.3 Å². The highest BCUT2D eigenvalue weighted by molar-refractivity contribution is 5.88. The van der Waals surface area contributed by atoms with Crippen molar-refractivity contribution >= 4 is 30.1 Å². The second-order valence-corrected chi connectivity index (χ2v) is 13.5. The van der Waals surface area contributed by atoms with Gasteiger partial charge in [-0.25, -0.2) is 0 Å². The minimum absolute atomic E-state index is 0.0829. The minimum Gasteiger partial charge on any atom is -0.497 e. The fourth-order valence-electron chi connectivity index (χ4n) is 6.81. The van der Waals surface area contributed by atoms with Gasteiger partial charge >= 0.3 is 11.9 Å². The van der Waals surface area contributed by atoms with Gasteiger partial charge in [0.25, 0.3) is 5.91 Å². The van der Waals surface area contributed by atoms with E-state index in [1.54, 1.807) is 33.0 Å². The van der Waals surface area contributed by atoms with Crippen LogP contribution in [-0.4, -0.2) is 97.9 Å². The number of carboxylic acids is 1. The number of nitrogens with one attached hydrogen (secondary N) is 3. The summed E-state index contributed by atoms with van der Waals surface area (Å²) in [6, 6.07) is 23.9. The Bertz CT molecular complexity index is 1770. The molecule has 3 heterocycles. The number of amides is 2. The van der Waals surface area contributed by atoms with Gasteiger partial charge in [0.1, 0.15) is 41.7 Å². The summed E-state index contributed by atoms with van der Waals surface area (Å²) < 4.78 is 30.5. The number of hydrogen-bond donors (Lipinski definition) is 4. The molecule has 15 heteroatoms. The summed E-state index contributed by atoms with van der Waals surface area (Å²) in [6.07, 6.45) is -3.06. The summed E-state index contributed by atoms with van der Waals surface area (Å²) in [5.74, 6) is -1.45. The second kappa shape index (κ2) is 16.7. The fourth-order valence-corrected chi connectivity index (χ4v) is 6.81. The molecule has 286 valence electrons. The first-order chi connectivity index (χ1) is 26.0. The first-order valence-electron chi connectivity index (χ1n) is 17.7. The Morgan fingerprint density at radius 2 is 1.56 bits per heavy atom. The zero-order chi connectivity index (χ0) is 38.4. The highest BCUT2D eigenvalue weighted by Crippen LogP contribution is 2.43. The number of benzene rings is 3. The van der Waals surface area contributed by atoms with E-state index in [0.29, 0.717) is 11.5 Å². The van der Waals surface area contributed by atoms with Gasteiger partial charge in [-0.1, -0.05) is 68.4 Å². The van der Waals surface area contributed by atoms with Crippen molar-refractivity contribution < 1.29 is 48.0 Å². The molecule has 3 aromatic rings. The average molecular weight is 744 g/mol. The number of esters is 1. The molecule has 0 saturated carbocycles. The Morgan fingerprint density at radius 1 is 0.944 bits per heavy atom. The lowest BCUT2D eigenvalue weighted by Crippen LogP contribution is -2.71. The third kappa shape index (κ3) is 8.17. The molecule has 6 unspecified atom stereocenters. The van der Waals surface area contributed by atoms with E-state index in [2.05, 4.69) is 20.9 Å². The third-order valence-corrected chi connectivity index (χ3v) is 9.66. The Hall–Kier alpha value is -5.51. The highest BCUT2D eigenvalue weighted by atomic mass is 16.6. The molecule has 54 heavy (non-hydrogen) atoms. The molecule has 3 aliphatic heterocycles. The van der Waals surface area contributed by atoms with Crippen molar-refractivity contribution in [1.29, 1.82) is 0 Å². The number of methoxy groups -OCH3 is 2. The van der Waals surface area contributed by atoms with Crippen molar-refractivity contribution in [2.75, 3.05) is 20.8 Å². The molecule has 0 spiro atoms. The Balaban J connectivity index is 1.33. The molecule has 2 fully saturated rings. The molecule has 0 aromatic heterocycles. The number of ether oxygens (including phenoxy) is 5. The maximum absolute atomic E-state index is 13.1. The molecule has 0 radical (unpaired) electrons. The SMILES string of the molecule is COc1ccc(C(OCC2OC(N3C=NC4C(=O)NC(NC(=O)C(C)C)NC43)CC2OC(=O)CCC(=O)O)(c2ccccc2)c2ccc(OC)cc2)cc1. The van der Waals surface area contributed by atoms with Gasteiger partial charge in [-0.2, -0.15) is 0 Å². The predicted molar refractivity (Wildman–Crippen MR) is 194 cm³/mol. The number of aliphatic imine (C=N–C) groups is 1. The summed E-state index contributed by atoms with van der Waals surface area (Å²) in [4.78, 5) is 55.9. The van der Waals surface area contributed by atoms with Crippen LogP contribution < -0.4 is 25.4 Å². The molecular weight excluding hydrogens is 698 g/mol. The van der Waals surface area contributed by atoms with E-state index in [1.165, 1.54) is 6.34 Å². The van der Waals surface area contributed by atoms with Crippen molar-refractivity contribution in [2.45, 2.75) is 75.6 Å². The van der Waals surface area contributed by atoms with Gasteiger partial charge in [0.15, 0.2) is 12.3 Å². The summed E-state index contributed by atoms with van der Waals surface area (Å²) in [6.45, 7) is 3.41. The van der Waals surface area contributed by atoms with E-state index >= 15 is 0 Å². The third-order valence-electron chi connectivity index (χ3n) is 9.66. The molecule has 0 aliphatic carbocycles. The fraction of sp³-hybridized carbons (Fsp3) is 0.410. The van der Waals surface area contributed by atoms with Crippen LogP contribution >= 0.6 is 0 Å². The number of carbonyl (C=O) groups is 4. The maximum atomic E-state index is 13.1. The molecule has 0 bridgehead atoms. The molecule has 3 aliphatic rings. The van der Waals surface area contributed by atoms with E-state index in [4.69, 9.17) is 23.7 Å². The number of carbonyl (C=O) groups excluding carboxylic acids is 3. The van der Waals surface area contributed by atoms with Crippen LogP contribution in [-0.2, 0) is 39.0 Å². The van der Waals surface area contributed by atoms with Gasteiger partial charge < -0.3 is 44.3 Å². The van der Waals surface area contributed by atoms with Crippen LogP contribution in [0.4, 0.5) is 0 Å². The van der Waals surface area contributed by atoms with E-state index in [0.717, 1.165) is 16.7 Å². The van der Waals surface area contributed by atoms with Gasteiger partial charge in [-0.15, -0.1) is 0 Å². The van der Waals surface area contributed by atoms with Gasteiger partial charge in [-0.3, -0.25) is 29.5 Å². The van der Waals surface area contributed by atoms with Crippen molar-refractivity contribution in [3.63, 3.8) is 0 Å². The zero-order valence-electron chi connectivity index (χ0n) is 30.5. The molecule has 15 nitrogen and oxygen atoms in total. The Kier molecular flexibility index (Phi) is 11.8. The van der Waals surface area contributed by atoms with Crippen LogP contribution in [0, 0.1) is 5.92 Å².